The standard InChI is InChI=1S/C13H10N2/c1-2-6-11-10(5-1)9-13(15-11)12-7-3-4-8-14-12/h1-9,13H. The molecule has 0 N–H and O–H groups in total. The van der Waals surface area contributed by atoms with E-state index in [1.54, 1.807) is 0 Å². The molecule has 15 heavy (non-hydrogen) atoms. The normalized spacial score (nSPS) is 17.7. The van der Waals surface area contributed by atoms with E-state index >= 15 is 0 Å². The molecule has 0 saturated carbocycles. The van der Waals surface area contributed by atoms with Gasteiger partial charge in [0.05, 0.1) is 11.1 Å². The Kier molecular flexibility index (Phi) is 1.85. The molecule has 0 aliphatic carbocycles. The van der Waals surface area contributed by atoms with E-state index in [9.17, 15) is 0 Å². The van der Waals surface area contributed by atoms with Crippen molar-refractivity contribution in [2.75, 3.05) is 0 Å². The van der Waals surface area contributed by atoms with Crippen LogP contribution in [0.5, 0.6) is 0 Å². The quantitative estimate of drug-likeness (QED) is 0.670. The highest BCUT2D eigenvalue weighted by Gasteiger charge is 2.10. The van der Waals surface area contributed by atoms with E-state index in [1.807, 2.05) is 42.6 Å². The summed E-state index contributed by atoms with van der Waals surface area (Å²) < 4.78 is 0. The van der Waals surface area contributed by atoms with Crippen LogP contribution in [0.2, 0.25) is 0 Å². The minimum Gasteiger partial charge on any atom is -0.271 e. The summed E-state index contributed by atoms with van der Waals surface area (Å²) in [5, 5.41) is 2.27. The van der Waals surface area contributed by atoms with Crippen LogP contribution in [-0.2, 0) is 0 Å². The number of rotatable bonds is 1. The number of fused-ring (bicyclic) bond motifs is 1. The highest BCUT2D eigenvalue weighted by Crippen LogP contribution is 2.16. The van der Waals surface area contributed by atoms with Crippen molar-refractivity contribution in [2.45, 2.75) is 6.04 Å². The van der Waals surface area contributed by atoms with Crippen LogP contribution in [0.1, 0.15) is 11.7 Å². The van der Waals surface area contributed by atoms with E-state index in [2.05, 4.69) is 22.1 Å². The molecule has 0 fully saturated rings. The zero-order chi connectivity index (χ0) is 10.1. The van der Waals surface area contributed by atoms with E-state index in [4.69, 9.17) is 0 Å². The fraction of sp³-hybridized carbons (Fsp3) is 0.0769. The Bertz CT molecular complexity index is 552. The van der Waals surface area contributed by atoms with E-state index in [-0.39, 0.29) is 6.04 Å². The molecule has 72 valence electrons. The second-order valence-corrected chi connectivity index (χ2v) is 3.55. The molecule has 0 saturated heterocycles. The number of hydrogen-bond donors (Lipinski definition) is 0. The molecule has 2 nitrogen and oxygen atoms in total. The smallest absolute Gasteiger partial charge is 0.112 e. The number of pyridine rings is 1. The third kappa shape index (κ3) is 1.44. The maximum Gasteiger partial charge on any atom is 0.112 e. The van der Waals surface area contributed by atoms with Crippen molar-refractivity contribution in [3.05, 3.63) is 64.9 Å². The van der Waals surface area contributed by atoms with Gasteiger partial charge in [-0.15, -0.1) is 0 Å². The van der Waals surface area contributed by atoms with Gasteiger partial charge in [0.15, 0.2) is 0 Å². The van der Waals surface area contributed by atoms with Crippen LogP contribution < -0.4 is 10.6 Å². The average Bonchev–Trinajstić information content (AvgIpc) is 2.74. The van der Waals surface area contributed by atoms with Gasteiger partial charge in [-0.1, -0.05) is 24.3 Å². The molecule has 1 unspecified atom stereocenters. The van der Waals surface area contributed by atoms with Crippen LogP contribution in [0.3, 0.4) is 0 Å². The summed E-state index contributed by atoms with van der Waals surface area (Å²) in [6.07, 6.45) is 3.96. The van der Waals surface area contributed by atoms with Crippen molar-refractivity contribution >= 4 is 6.08 Å². The van der Waals surface area contributed by atoms with Gasteiger partial charge in [0.1, 0.15) is 6.04 Å². The van der Waals surface area contributed by atoms with E-state index in [1.165, 1.54) is 5.22 Å². The summed E-state index contributed by atoms with van der Waals surface area (Å²) in [5.41, 5.74) is 1.01. The van der Waals surface area contributed by atoms with Gasteiger partial charge in [-0.3, -0.25) is 9.98 Å². The molecule has 1 atom stereocenters. The minimum atomic E-state index is 0.0867. The molecule has 2 heteroatoms. The predicted octanol–water partition coefficient (Wildman–Crippen LogP) is 1.24. The first-order chi connectivity index (χ1) is 7.43. The Labute approximate surface area is 87.6 Å². The van der Waals surface area contributed by atoms with E-state index < -0.39 is 0 Å². The van der Waals surface area contributed by atoms with Crippen LogP contribution in [0.4, 0.5) is 0 Å². The molecule has 0 radical (unpaired) electrons. The Morgan fingerprint density at radius 1 is 0.933 bits per heavy atom. The van der Waals surface area contributed by atoms with Crippen LogP contribution in [0.15, 0.2) is 53.7 Å². The maximum absolute atomic E-state index is 4.60. The van der Waals surface area contributed by atoms with E-state index in [0.717, 1.165) is 11.1 Å². The van der Waals surface area contributed by atoms with Crippen molar-refractivity contribution in [1.29, 1.82) is 0 Å². The van der Waals surface area contributed by atoms with Gasteiger partial charge in [-0.25, -0.2) is 0 Å². The largest absolute Gasteiger partial charge is 0.271 e. The molecule has 0 spiro atoms. The summed E-state index contributed by atoms with van der Waals surface area (Å²) >= 11 is 0. The summed E-state index contributed by atoms with van der Waals surface area (Å²) in [6.45, 7) is 0. The van der Waals surface area contributed by atoms with E-state index in [0.29, 0.717) is 0 Å². The summed E-state index contributed by atoms with van der Waals surface area (Å²) in [7, 11) is 0. The molecule has 1 aliphatic heterocycles. The number of hydrogen-bond acceptors (Lipinski definition) is 2. The predicted molar refractivity (Wildman–Crippen MR) is 58.7 cm³/mol. The van der Waals surface area contributed by atoms with Gasteiger partial charge in [0, 0.05) is 6.20 Å². The highest BCUT2D eigenvalue weighted by atomic mass is 14.8. The molecule has 2 heterocycles. The van der Waals surface area contributed by atoms with Gasteiger partial charge in [0.2, 0.25) is 0 Å². The molecule has 0 amide bonds. The first-order valence-electron chi connectivity index (χ1n) is 4.99. The molecule has 1 aromatic carbocycles. The molecule has 0 bridgehead atoms. The summed E-state index contributed by atoms with van der Waals surface area (Å²) in [4.78, 5) is 8.92. The molecule has 3 rings (SSSR count). The first kappa shape index (κ1) is 8.36. The SMILES string of the molecule is C1=c2ccccc2=NC1c1ccccn1. The maximum atomic E-state index is 4.60. The van der Waals surface area contributed by atoms with Crippen LogP contribution >= 0.6 is 0 Å². The van der Waals surface area contributed by atoms with Gasteiger partial charge in [-0.05, 0) is 29.5 Å². The van der Waals surface area contributed by atoms with Crippen molar-refractivity contribution in [1.82, 2.24) is 4.98 Å². The molecular weight excluding hydrogens is 184 g/mol. The first-order valence-corrected chi connectivity index (χ1v) is 4.99. The van der Waals surface area contributed by atoms with Crippen LogP contribution in [-0.4, -0.2) is 4.98 Å². The fourth-order valence-electron chi connectivity index (χ4n) is 1.81. The molecular formula is C13H10N2. The second kappa shape index (κ2) is 3.31. The van der Waals surface area contributed by atoms with Gasteiger partial charge >= 0.3 is 0 Å². The number of para-hydroxylation sites is 1. The molecule has 1 aromatic heterocycles. The number of nitrogens with zero attached hydrogens (tertiary/aromatic N) is 2. The zero-order valence-electron chi connectivity index (χ0n) is 8.17. The lowest BCUT2D eigenvalue weighted by atomic mass is 10.2. The average molecular weight is 194 g/mol. The van der Waals surface area contributed by atoms with Crippen molar-refractivity contribution in [2.24, 2.45) is 4.99 Å². The number of benzene rings is 1. The van der Waals surface area contributed by atoms with Gasteiger partial charge in [-0.2, -0.15) is 0 Å². The molecule has 2 aromatic rings. The topological polar surface area (TPSA) is 25.2 Å². The zero-order valence-corrected chi connectivity index (χ0v) is 8.17. The Balaban J connectivity index is 2.12. The van der Waals surface area contributed by atoms with Crippen molar-refractivity contribution in [3.63, 3.8) is 0 Å². The second-order valence-electron chi connectivity index (χ2n) is 3.55. The Morgan fingerprint density at radius 3 is 2.60 bits per heavy atom. The van der Waals surface area contributed by atoms with Crippen molar-refractivity contribution in [3.8, 4) is 0 Å². The third-order valence-electron chi connectivity index (χ3n) is 2.54. The van der Waals surface area contributed by atoms with Crippen LogP contribution in [0, 0.1) is 0 Å². The lowest BCUT2D eigenvalue weighted by Gasteiger charge is -2.01. The number of aromatic nitrogens is 1. The molecule has 1 aliphatic rings. The summed E-state index contributed by atoms with van der Waals surface area (Å²) in [6, 6.07) is 14.2. The summed E-state index contributed by atoms with van der Waals surface area (Å²) in [5.74, 6) is 0. The lowest BCUT2D eigenvalue weighted by Crippen LogP contribution is -2.19. The van der Waals surface area contributed by atoms with Gasteiger partial charge < -0.3 is 0 Å². The highest BCUT2D eigenvalue weighted by molar-refractivity contribution is 5.39. The Hall–Kier alpha value is -1.96. The van der Waals surface area contributed by atoms with Crippen LogP contribution in [0.25, 0.3) is 6.08 Å². The lowest BCUT2D eigenvalue weighted by molar-refractivity contribution is 0.891. The Morgan fingerprint density at radius 2 is 1.80 bits per heavy atom. The van der Waals surface area contributed by atoms with Gasteiger partial charge in [0.25, 0.3) is 0 Å². The monoisotopic (exact) mass is 194 g/mol. The fourth-order valence-corrected chi connectivity index (χ4v) is 1.81. The van der Waals surface area contributed by atoms with Crippen molar-refractivity contribution < 1.29 is 0 Å². The third-order valence-corrected chi connectivity index (χ3v) is 2.54. The minimum absolute atomic E-state index is 0.0867.